The zero-order valence-electron chi connectivity index (χ0n) is 14.9. The maximum Gasteiger partial charge on any atom is 0.322 e. The van der Waals surface area contributed by atoms with Crippen LogP contribution in [-0.2, 0) is 0 Å². The molecule has 2 aromatic rings. The van der Waals surface area contributed by atoms with E-state index < -0.39 is 0 Å². The van der Waals surface area contributed by atoms with Crippen molar-refractivity contribution in [2.45, 2.75) is 25.3 Å². The molecule has 0 spiro atoms. The van der Waals surface area contributed by atoms with Crippen LogP contribution in [0.1, 0.15) is 19.3 Å². The highest BCUT2D eigenvalue weighted by Crippen LogP contribution is 2.30. The Labute approximate surface area is 153 Å². The number of carbonyl (C=O) groups excluding carboxylic acids is 1. The highest BCUT2D eigenvalue weighted by Gasteiger charge is 2.25. The molecular weight excluding hydrogens is 332 g/mol. The number of hydrogen-bond donors (Lipinski definition) is 2. The molecule has 138 valence electrons. The van der Waals surface area contributed by atoms with E-state index in [1.54, 1.807) is 31.5 Å². The number of ether oxygens (including phenoxy) is 2. The highest BCUT2D eigenvalue weighted by molar-refractivity contribution is 5.89. The van der Waals surface area contributed by atoms with E-state index in [2.05, 4.69) is 10.3 Å². The van der Waals surface area contributed by atoms with Crippen LogP contribution in [0.3, 0.4) is 0 Å². The second-order valence-electron chi connectivity index (χ2n) is 6.15. The van der Waals surface area contributed by atoms with E-state index in [1.807, 2.05) is 23.1 Å². The lowest BCUT2D eigenvalue weighted by Crippen LogP contribution is -2.49. The molecule has 0 radical (unpaired) electrons. The number of methoxy groups -OCH3 is 1. The van der Waals surface area contributed by atoms with E-state index in [9.17, 15) is 4.79 Å². The number of piperidine rings is 1. The molecule has 7 nitrogen and oxygen atoms in total. The van der Waals surface area contributed by atoms with Crippen LogP contribution in [0.4, 0.5) is 10.5 Å². The van der Waals surface area contributed by atoms with Gasteiger partial charge in [-0.15, -0.1) is 0 Å². The average molecular weight is 356 g/mol. The Balaban J connectivity index is 1.63. The number of aromatic nitrogens is 1. The van der Waals surface area contributed by atoms with E-state index in [0.29, 0.717) is 29.6 Å². The van der Waals surface area contributed by atoms with Crippen LogP contribution in [0.25, 0.3) is 0 Å². The Kier molecular flexibility index (Phi) is 5.91. The zero-order chi connectivity index (χ0) is 18.4. The predicted molar refractivity (Wildman–Crippen MR) is 99.7 cm³/mol. The lowest BCUT2D eigenvalue weighted by molar-refractivity contribution is 0.166. The van der Waals surface area contributed by atoms with Gasteiger partial charge in [-0.1, -0.05) is 12.1 Å². The molecule has 1 aliphatic rings. The number of nitrogens with zero attached hydrogens (tertiary/aromatic N) is 2. The number of benzene rings is 1. The van der Waals surface area contributed by atoms with Crippen molar-refractivity contribution in [3.8, 4) is 17.4 Å². The van der Waals surface area contributed by atoms with Crippen molar-refractivity contribution in [3.05, 3.63) is 42.6 Å². The Morgan fingerprint density at radius 1 is 1.27 bits per heavy atom. The first kappa shape index (κ1) is 18.0. The fourth-order valence-corrected chi connectivity index (χ4v) is 3.04. The summed E-state index contributed by atoms with van der Waals surface area (Å²) in [5.74, 6) is 1.63. The van der Waals surface area contributed by atoms with Crippen LogP contribution >= 0.6 is 0 Å². The number of rotatable bonds is 5. The van der Waals surface area contributed by atoms with Gasteiger partial charge in [0, 0.05) is 25.2 Å². The zero-order valence-corrected chi connectivity index (χ0v) is 14.9. The molecule has 1 aromatic carbocycles. The number of pyridine rings is 1. The van der Waals surface area contributed by atoms with Gasteiger partial charge in [0.25, 0.3) is 0 Å². The summed E-state index contributed by atoms with van der Waals surface area (Å²) in [7, 11) is 1.59. The lowest BCUT2D eigenvalue weighted by atomic mass is 10.0. The molecule has 0 bridgehead atoms. The van der Waals surface area contributed by atoms with Gasteiger partial charge in [0.15, 0.2) is 11.5 Å². The second-order valence-corrected chi connectivity index (χ2v) is 6.15. The maximum absolute atomic E-state index is 12.5. The summed E-state index contributed by atoms with van der Waals surface area (Å²) < 4.78 is 11.0. The summed E-state index contributed by atoms with van der Waals surface area (Å²) in [5, 5.41) is 2.88. The van der Waals surface area contributed by atoms with Crippen LogP contribution in [0, 0.1) is 0 Å². The first-order chi connectivity index (χ1) is 12.7. The van der Waals surface area contributed by atoms with Gasteiger partial charge >= 0.3 is 6.03 Å². The summed E-state index contributed by atoms with van der Waals surface area (Å²) in [6.07, 6.45) is 4.65. The Morgan fingerprint density at radius 2 is 2.08 bits per heavy atom. The lowest BCUT2D eigenvalue weighted by Gasteiger charge is -2.34. The molecule has 3 rings (SSSR count). The molecule has 1 unspecified atom stereocenters. The predicted octanol–water partition coefficient (Wildman–Crippen LogP) is 3.23. The SMILES string of the molecule is COc1ccccc1Oc1ccc(NC(=O)N2CCCCC2CN)cn1. The number of para-hydroxylation sites is 2. The van der Waals surface area contributed by atoms with Crippen LogP contribution in [-0.4, -0.2) is 42.2 Å². The fraction of sp³-hybridized carbons (Fsp3) is 0.368. The quantitative estimate of drug-likeness (QED) is 0.858. The monoisotopic (exact) mass is 356 g/mol. The number of anilines is 1. The van der Waals surface area contributed by atoms with E-state index in [-0.39, 0.29) is 12.1 Å². The Hall–Kier alpha value is -2.80. The third kappa shape index (κ3) is 4.23. The summed E-state index contributed by atoms with van der Waals surface area (Å²) in [6, 6.07) is 10.8. The third-order valence-electron chi connectivity index (χ3n) is 4.43. The molecule has 1 fully saturated rings. The number of nitrogens with two attached hydrogens (primary N) is 1. The topological polar surface area (TPSA) is 89.7 Å². The second kappa shape index (κ2) is 8.53. The van der Waals surface area contributed by atoms with Crippen molar-refractivity contribution >= 4 is 11.7 Å². The minimum atomic E-state index is -0.139. The molecule has 0 saturated carbocycles. The number of nitrogens with one attached hydrogen (secondary N) is 1. The maximum atomic E-state index is 12.5. The van der Waals surface area contributed by atoms with Crippen molar-refractivity contribution in [1.29, 1.82) is 0 Å². The molecule has 1 aromatic heterocycles. The Morgan fingerprint density at radius 3 is 2.77 bits per heavy atom. The minimum absolute atomic E-state index is 0.102. The molecule has 1 saturated heterocycles. The minimum Gasteiger partial charge on any atom is -0.493 e. The summed E-state index contributed by atoms with van der Waals surface area (Å²) in [6.45, 7) is 1.22. The van der Waals surface area contributed by atoms with Crippen molar-refractivity contribution in [2.24, 2.45) is 5.73 Å². The molecule has 26 heavy (non-hydrogen) atoms. The van der Waals surface area contributed by atoms with Crippen molar-refractivity contribution in [2.75, 3.05) is 25.5 Å². The van der Waals surface area contributed by atoms with Crippen LogP contribution in [0.2, 0.25) is 0 Å². The van der Waals surface area contributed by atoms with Gasteiger partial charge in [-0.2, -0.15) is 0 Å². The molecule has 0 aliphatic carbocycles. The van der Waals surface area contributed by atoms with Crippen LogP contribution in [0.5, 0.6) is 17.4 Å². The van der Waals surface area contributed by atoms with Gasteiger partial charge in [-0.05, 0) is 37.5 Å². The highest BCUT2D eigenvalue weighted by atomic mass is 16.5. The van der Waals surface area contributed by atoms with E-state index in [0.717, 1.165) is 25.8 Å². The summed E-state index contributed by atoms with van der Waals surface area (Å²) >= 11 is 0. The number of carbonyl (C=O) groups is 1. The smallest absolute Gasteiger partial charge is 0.322 e. The van der Waals surface area contributed by atoms with Gasteiger partial charge in [0.05, 0.1) is 19.0 Å². The number of amides is 2. The Bertz CT molecular complexity index is 736. The molecule has 2 heterocycles. The summed E-state index contributed by atoms with van der Waals surface area (Å²) in [5.41, 5.74) is 6.40. The molecule has 1 atom stereocenters. The van der Waals surface area contributed by atoms with E-state index in [1.165, 1.54) is 0 Å². The average Bonchev–Trinajstić information content (AvgIpc) is 2.69. The van der Waals surface area contributed by atoms with Gasteiger partial charge in [0.1, 0.15) is 0 Å². The number of likely N-dealkylation sites (tertiary alicyclic amines) is 1. The number of hydrogen-bond acceptors (Lipinski definition) is 5. The van der Waals surface area contributed by atoms with Crippen molar-refractivity contribution in [3.63, 3.8) is 0 Å². The standard InChI is InChI=1S/C19H24N4O3/c1-25-16-7-2-3-8-17(16)26-18-10-9-14(13-21-18)22-19(24)23-11-5-4-6-15(23)12-20/h2-3,7-10,13,15H,4-6,11-12,20H2,1H3,(H,22,24). The molecule has 1 aliphatic heterocycles. The normalized spacial score (nSPS) is 16.8. The number of urea groups is 1. The van der Waals surface area contributed by atoms with Crippen molar-refractivity contribution in [1.82, 2.24) is 9.88 Å². The molecule has 3 N–H and O–H groups in total. The van der Waals surface area contributed by atoms with Gasteiger partial charge in [0.2, 0.25) is 5.88 Å². The third-order valence-corrected chi connectivity index (χ3v) is 4.43. The van der Waals surface area contributed by atoms with Crippen LogP contribution < -0.4 is 20.5 Å². The van der Waals surface area contributed by atoms with Gasteiger partial charge in [-0.3, -0.25) is 0 Å². The van der Waals surface area contributed by atoms with Gasteiger partial charge < -0.3 is 25.4 Å². The van der Waals surface area contributed by atoms with E-state index >= 15 is 0 Å². The first-order valence-electron chi connectivity index (χ1n) is 8.76. The summed E-state index contributed by atoms with van der Waals surface area (Å²) in [4.78, 5) is 18.5. The van der Waals surface area contributed by atoms with E-state index in [4.69, 9.17) is 15.2 Å². The fourth-order valence-electron chi connectivity index (χ4n) is 3.04. The molecule has 2 amide bonds. The largest absolute Gasteiger partial charge is 0.493 e. The van der Waals surface area contributed by atoms with Crippen LogP contribution in [0.15, 0.2) is 42.6 Å². The molecular formula is C19H24N4O3. The molecule has 7 heteroatoms. The first-order valence-corrected chi connectivity index (χ1v) is 8.76. The van der Waals surface area contributed by atoms with Gasteiger partial charge in [-0.25, -0.2) is 9.78 Å². The van der Waals surface area contributed by atoms with Crippen molar-refractivity contribution < 1.29 is 14.3 Å².